The fourth-order valence-electron chi connectivity index (χ4n) is 3.66. The van der Waals surface area contributed by atoms with Crippen LogP contribution in [0.3, 0.4) is 0 Å². The van der Waals surface area contributed by atoms with Gasteiger partial charge >= 0.3 is 0 Å². The Morgan fingerprint density at radius 2 is 1.90 bits per heavy atom. The summed E-state index contributed by atoms with van der Waals surface area (Å²) < 4.78 is 11.4. The maximum Gasteiger partial charge on any atom is 0.220 e. The molecule has 1 heterocycles. The maximum atomic E-state index is 12.2. The predicted molar refractivity (Wildman–Crippen MR) is 120 cm³/mol. The van der Waals surface area contributed by atoms with Crippen molar-refractivity contribution in [3.8, 4) is 5.75 Å². The van der Waals surface area contributed by atoms with Gasteiger partial charge in [-0.25, -0.2) is 0 Å². The van der Waals surface area contributed by atoms with E-state index in [0.717, 1.165) is 50.3 Å². The first kappa shape index (κ1) is 22.3. The minimum Gasteiger partial charge on any atom is -0.492 e. The number of rotatable bonds is 10. The summed E-state index contributed by atoms with van der Waals surface area (Å²) in [5.41, 5.74) is 3.48. The lowest BCUT2D eigenvalue weighted by Gasteiger charge is -2.31. The SMILES string of the molecule is Cc1ccc(CCC(=O)NCc2cccc(OCCN(C)C3CCOCC3)c2)cc1. The van der Waals surface area contributed by atoms with Gasteiger partial charge in [-0.1, -0.05) is 42.0 Å². The van der Waals surface area contributed by atoms with Crippen LogP contribution in [0.25, 0.3) is 0 Å². The van der Waals surface area contributed by atoms with E-state index < -0.39 is 0 Å². The van der Waals surface area contributed by atoms with Crippen molar-refractivity contribution in [1.82, 2.24) is 10.2 Å². The smallest absolute Gasteiger partial charge is 0.220 e. The van der Waals surface area contributed by atoms with Crippen molar-refractivity contribution in [3.05, 3.63) is 65.2 Å². The summed E-state index contributed by atoms with van der Waals surface area (Å²) in [5, 5.41) is 3.01. The van der Waals surface area contributed by atoms with Crippen molar-refractivity contribution in [2.75, 3.05) is 33.4 Å². The Balaban J connectivity index is 1.37. The second-order valence-corrected chi connectivity index (χ2v) is 8.08. The van der Waals surface area contributed by atoms with E-state index in [1.54, 1.807) is 0 Å². The van der Waals surface area contributed by atoms with Crippen LogP contribution in [-0.2, 0) is 22.5 Å². The fourth-order valence-corrected chi connectivity index (χ4v) is 3.66. The zero-order chi connectivity index (χ0) is 21.2. The van der Waals surface area contributed by atoms with Gasteiger partial charge in [0.2, 0.25) is 5.91 Å². The largest absolute Gasteiger partial charge is 0.492 e. The molecule has 1 saturated heterocycles. The highest BCUT2D eigenvalue weighted by molar-refractivity contribution is 5.76. The number of amides is 1. The second-order valence-electron chi connectivity index (χ2n) is 8.08. The number of carbonyl (C=O) groups excluding carboxylic acids is 1. The number of likely N-dealkylation sites (N-methyl/N-ethyl adjacent to an activating group) is 1. The van der Waals surface area contributed by atoms with Crippen molar-refractivity contribution < 1.29 is 14.3 Å². The molecule has 0 unspecified atom stereocenters. The van der Waals surface area contributed by atoms with Gasteiger partial charge in [-0.05, 0) is 56.5 Å². The number of ether oxygens (including phenoxy) is 2. The summed E-state index contributed by atoms with van der Waals surface area (Å²) in [4.78, 5) is 14.5. The molecular weight excluding hydrogens is 376 g/mol. The molecule has 5 heteroatoms. The molecule has 0 saturated carbocycles. The van der Waals surface area contributed by atoms with Crippen LogP contribution >= 0.6 is 0 Å². The highest BCUT2D eigenvalue weighted by Crippen LogP contribution is 2.15. The average Bonchev–Trinajstić information content (AvgIpc) is 2.78. The normalized spacial score (nSPS) is 14.6. The summed E-state index contributed by atoms with van der Waals surface area (Å²) in [7, 11) is 2.15. The Morgan fingerprint density at radius 1 is 1.13 bits per heavy atom. The third-order valence-corrected chi connectivity index (χ3v) is 5.68. The van der Waals surface area contributed by atoms with Crippen LogP contribution in [0.2, 0.25) is 0 Å². The lowest BCUT2D eigenvalue weighted by Crippen LogP contribution is -2.38. The van der Waals surface area contributed by atoms with Crippen LogP contribution in [0.15, 0.2) is 48.5 Å². The topological polar surface area (TPSA) is 50.8 Å². The van der Waals surface area contributed by atoms with Crippen molar-refractivity contribution in [1.29, 1.82) is 0 Å². The van der Waals surface area contributed by atoms with E-state index in [9.17, 15) is 4.79 Å². The van der Waals surface area contributed by atoms with E-state index in [0.29, 0.717) is 25.6 Å². The molecule has 0 aromatic heterocycles. The van der Waals surface area contributed by atoms with Crippen molar-refractivity contribution in [2.24, 2.45) is 0 Å². The first-order chi connectivity index (χ1) is 14.6. The van der Waals surface area contributed by atoms with E-state index in [1.165, 1.54) is 11.1 Å². The zero-order valence-electron chi connectivity index (χ0n) is 18.2. The molecule has 1 aliphatic heterocycles. The summed E-state index contributed by atoms with van der Waals surface area (Å²) >= 11 is 0. The first-order valence-electron chi connectivity index (χ1n) is 10.9. The van der Waals surface area contributed by atoms with Gasteiger partial charge in [0.15, 0.2) is 0 Å². The molecule has 2 aromatic rings. The van der Waals surface area contributed by atoms with E-state index in [2.05, 4.69) is 48.5 Å². The molecule has 1 amide bonds. The number of hydrogen-bond donors (Lipinski definition) is 1. The van der Waals surface area contributed by atoms with Crippen LogP contribution < -0.4 is 10.1 Å². The molecular formula is C25H34N2O3. The van der Waals surface area contributed by atoms with Gasteiger partial charge in [-0.15, -0.1) is 0 Å². The Kier molecular flexibility index (Phi) is 8.72. The van der Waals surface area contributed by atoms with Gasteiger partial charge in [-0.2, -0.15) is 0 Å². The van der Waals surface area contributed by atoms with Crippen molar-refractivity contribution in [3.63, 3.8) is 0 Å². The molecule has 5 nitrogen and oxygen atoms in total. The Bertz CT molecular complexity index is 785. The number of aryl methyl sites for hydroxylation is 2. The van der Waals surface area contributed by atoms with Gasteiger partial charge in [-0.3, -0.25) is 9.69 Å². The molecule has 0 aliphatic carbocycles. The van der Waals surface area contributed by atoms with Gasteiger partial charge in [0, 0.05) is 38.8 Å². The van der Waals surface area contributed by atoms with Crippen LogP contribution in [0.1, 0.15) is 36.0 Å². The summed E-state index contributed by atoms with van der Waals surface area (Å²) in [6.45, 7) is 5.85. The maximum absolute atomic E-state index is 12.2. The highest BCUT2D eigenvalue weighted by Gasteiger charge is 2.17. The zero-order valence-corrected chi connectivity index (χ0v) is 18.2. The molecule has 1 N–H and O–H groups in total. The minimum absolute atomic E-state index is 0.0694. The van der Waals surface area contributed by atoms with Crippen molar-refractivity contribution in [2.45, 2.75) is 45.2 Å². The summed E-state index contributed by atoms with van der Waals surface area (Å²) in [5.74, 6) is 0.918. The van der Waals surface area contributed by atoms with Crippen LogP contribution in [0.5, 0.6) is 5.75 Å². The van der Waals surface area contributed by atoms with Crippen LogP contribution in [0, 0.1) is 6.92 Å². The fraction of sp³-hybridized carbons (Fsp3) is 0.480. The number of nitrogens with zero attached hydrogens (tertiary/aromatic N) is 1. The average molecular weight is 411 g/mol. The lowest BCUT2D eigenvalue weighted by atomic mass is 10.1. The summed E-state index contributed by atoms with van der Waals surface area (Å²) in [6, 6.07) is 16.9. The molecule has 1 aliphatic rings. The predicted octanol–water partition coefficient (Wildman–Crippen LogP) is 3.73. The van der Waals surface area contributed by atoms with Crippen LogP contribution in [-0.4, -0.2) is 50.3 Å². The van der Waals surface area contributed by atoms with Gasteiger partial charge in [0.05, 0.1) is 0 Å². The first-order valence-corrected chi connectivity index (χ1v) is 10.9. The molecule has 2 aromatic carbocycles. The number of nitrogens with one attached hydrogen (secondary N) is 1. The standard InChI is InChI=1S/C25H34N2O3/c1-20-6-8-21(9-7-20)10-11-25(28)26-19-22-4-3-5-24(18-22)30-17-14-27(2)23-12-15-29-16-13-23/h3-9,18,23H,10-17,19H2,1-2H3,(H,26,28). The minimum atomic E-state index is 0.0694. The van der Waals surface area contributed by atoms with Gasteiger partial charge in [0.1, 0.15) is 12.4 Å². The Labute approximate surface area is 180 Å². The van der Waals surface area contributed by atoms with Crippen LogP contribution in [0.4, 0.5) is 0 Å². The molecule has 162 valence electrons. The monoisotopic (exact) mass is 410 g/mol. The second kappa shape index (κ2) is 11.7. The number of carbonyl (C=O) groups is 1. The molecule has 0 atom stereocenters. The number of benzene rings is 2. The molecule has 3 rings (SSSR count). The molecule has 1 fully saturated rings. The third-order valence-electron chi connectivity index (χ3n) is 5.68. The molecule has 0 radical (unpaired) electrons. The highest BCUT2D eigenvalue weighted by atomic mass is 16.5. The van der Waals surface area contributed by atoms with Gasteiger partial charge < -0.3 is 14.8 Å². The lowest BCUT2D eigenvalue weighted by molar-refractivity contribution is -0.121. The van der Waals surface area contributed by atoms with E-state index in [4.69, 9.17) is 9.47 Å². The van der Waals surface area contributed by atoms with Gasteiger partial charge in [0.25, 0.3) is 0 Å². The summed E-state index contributed by atoms with van der Waals surface area (Å²) in [6.07, 6.45) is 3.44. The van der Waals surface area contributed by atoms with E-state index in [-0.39, 0.29) is 5.91 Å². The molecule has 0 bridgehead atoms. The number of hydrogen-bond acceptors (Lipinski definition) is 4. The Hall–Kier alpha value is -2.37. The van der Waals surface area contributed by atoms with E-state index in [1.807, 2.05) is 24.3 Å². The third kappa shape index (κ3) is 7.47. The Morgan fingerprint density at radius 3 is 2.67 bits per heavy atom. The van der Waals surface area contributed by atoms with Crippen molar-refractivity contribution >= 4 is 5.91 Å². The molecule has 0 spiro atoms. The quantitative estimate of drug-likeness (QED) is 0.648. The van der Waals surface area contributed by atoms with E-state index >= 15 is 0 Å². The molecule has 30 heavy (non-hydrogen) atoms.